The average molecular weight is 316 g/mol. The quantitative estimate of drug-likeness (QED) is 0.688. The van der Waals surface area contributed by atoms with E-state index in [2.05, 4.69) is 27.3 Å². The maximum Gasteiger partial charge on any atom is 0.123 e. The summed E-state index contributed by atoms with van der Waals surface area (Å²) in [6.45, 7) is 2.13. The molecule has 0 aliphatic carbocycles. The van der Waals surface area contributed by atoms with E-state index in [1.54, 1.807) is 7.11 Å². The van der Waals surface area contributed by atoms with Gasteiger partial charge in [0, 0.05) is 23.2 Å². The second-order valence-corrected chi connectivity index (χ2v) is 5.19. The van der Waals surface area contributed by atoms with Crippen molar-refractivity contribution in [2.45, 2.75) is 32.2 Å². The minimum atomic E-state index is 0.308. The number of hydrogen-bond donors (Lipinski definition) is 2. The van der Waals surface area contributed by atoms with E-state index >= 15 is 0 Å². The van der Waals surface area contributed by atoms with Gasteiger partial charge in [-0.1, -0.05) is 28.8 Å². The Kier molecular flexibility index (Phi) is 8.05. The summed E-state index contributed by atoms with van der Waals surface area (Å²) in [5.74, 6) is 0.922. The number of methoxy groups -OCH3 is 1. The fourth-order valence-electron chi connectivity index (χ4n) is 1.82. The molecule has 0 aliphatic rings. The smallest absolute Gasteiger partial charge is 0.123 e. The van der Waals surface area contributed by atoms with Crippen LogP contribution in [0.25, 0.3) is 0 Å². The van der Waals surface area contributed by atoms with E-state index in [9.17, 15) is 0 Å². The molecule has 0 aliphatic heterocycles. The Morgan fingerprint density at radius 2 is 2.00 bits per heavy atom. The fourth-order valence-corrected chi connectivity index (χ4v) is 2.23. The second kappa shape index (κ2) is 9.36. The summed E-state index contributed by atoms with van der Waals surface area (Å²) in [6, 6.07) is 6.04. The summed E-state index contributed by atoms with van der Waals surface area (Å²) in [5.41, 5.74) is 1.17. The third-order valence-electron chi connectivity index (χ3n) is 2.82. The number of rotatable bonds is 9. The highest BCUT2D eigenvalue weighted by atomic mass is 79.9. The van der Waals surface area contributed by atoms with Gasteiger partial charge in [0.25, 0.3) is 0 Å². The van der Waals surface area contributed by atoms with Crippen LogP contribution >= 0.6 is 15.9 Å². The Labute approximate surface area is 118 Å². The summed E-state index contributed by atoms with van der Waals surface area (Å²) in [6.07, 6.45) is 4.34. The third kappa shape index (κ3) is 5.85. The fraction of sp³-hybridized carbons (Fsp3) is 0.571. The van der Waals surface area contributed by atoms with Gasteiger partial charge in [-0.25, -0.2) is 0 Å². The Hall–Kier alpha value is -0.580. The van der Waals surface area contributed by atoms with Crippen molar-refractivity contribution in [3.63, 3.8) is 0 Å². The summed E-state index contributed by atoms with van der Waals surface area (Å²) >= 11 is 3.47. The highest BCUT2D eigenvalue weighted by Gasteiger charge is 2.02. The lowest BCUT2D eigenvalue weighted by molar-refractivity contribution is 0.282. The molecule has 0 atom stereocenters. The van der Waals surface area contributed by atoms with Crippen LogP contribution in [0.3, 0.4) is 0 Å². The van der Waals surface area contributed by atoms with Crippen molar-refractivity contribution in [3.8, 4) is 5.75 Å². The third-order valence-corrected chi connectivity index (χ3v) is 3.31. The first kappa shape index (κ1) is 15.5. The zero-order valence-corrected chi connectivity index (χ0v) is 12.5. The Bertz CT molecular complexity index is 345. The maximum atomic E-state index is 8.67. The molecule has 0 unspecified atom stereocenters. The Morgan fingerprint density at radius 3 is 2.72 bits per heavy atom. The second-order valence-electron chi connectivity index (χ2n) is 4.27. The molecular formula is C14H22BrNO2. The Morgan fingerprint density at radius 1 is 1.22 bits per heavy atom. The molecule has 0 spiro atoms. The zero-order chi connectivity index (χ0) is 13.2. The first-order chi connectivity index (χ1) is 8.77. The van der Waals surface area contributed by atoms with Gasteiger partial charge in [0.05, 0.1) is 7.11 Å². The van der Waals surface area contributed by atoms with Gasteiger partial charge in [0.15, 0.2) is 0 Å². The summed E-state index contributed by atoms with van der Waals surface area (Å²) < 4.78 is 6.39. The van der Waals surface area contributed by atoms with Crippen LogP contribution in [0, 0.1) is 0 Å². The van der Waals surface area contributed by atoms with Crippen molar-refractivity contribution < 1.29 is 9.84 Å². The minimum absolute atomic E-state index is 0.308. The number of benzene rings is 1. The van der Waals surface area contributed by atoms with Gasteiger partial charge in [-0.3, -0.25) is 0 Å². The molecule has 0 saturated heterocycles. The lowest BCUT2D eigenvalue weighted by Gasteiger charge is -2.10. The molecule has 0 fully saturated rings. The van der Waals surface area contributed by atoms with Crippen LogP contribution in [0.5, 0.6) is 5.75 Å². The van der Waals surface area contributed by atoms with Crippen LogP contribution in [0.1, 0.15) is 31.2 Å². The largest absolute Gasteiger partial charge is 0.496 e. The highest BCUT2D eigenvalue weighted by molar-refractivity contribution is 9.10. The molecule has 4 heteroatoms. The number of aliphatic hydroxyl groups is 1. The molecule has 0 amide bonds. The van der Waals surface area contributed by atoms with Crippen LogP contribution in [0.4, 0.5) is 0 Å². The monoisotopic (exact) mass is 315 g/mol. The number of ether oxygens (including phenoxy) is 1. The molecule has 18 heavy (non-hydrogen) atoms. The molecule has 1 aromatic carbocycles. The van der Waals surface area contributed by atoms with Crippen LogP contribution in [0.15, 0.2) is 22.7 Å². The van der Waals surface area contributed by atoms with Gasteiger partial charge in [-0.15, -0.1) is 0 Å². The van der Waals surface area contributed by atoms with Crippen molar-refractivity contribution >= 4 is 15.9 Å². The van der Waals surface area contributed by atoms with E-state index in [0.29, 0.717) is 6.61 Å². The van der Waals surface area contributed by atoms with Crippen molar-refractivity contribution in [2.24, 2.45) is 0 Å². The van der Waals surface area contributed by atoms with Gasteiger partial charge < -0.3 is 15.2 Å². The molecule has 3 nitrogen and oxygen atoms in total. The normalized spacial score (nSPS) is 10.6. The topological polar surface area (TPSA) is 41.5 Å². The van der Waals surface area contributed by atoms with Gasteiger partial charge in [-0.2, -0.15) is 0 Å². The number of halogens is 1. The molecule has 102 valence electrons. The average Bonchev–Trinajstić information content (AvgIpc) is 2.38. The molecule has 1 aromatic rings. The van der Waals surface area contributed by atoms with Crippen molar-refractivity contribution in [1.82, 2.24) is 5.32 Å². The molecule has 1 rings (SSSR count). The van der Waals surface area contributed by atoms with Gasteiger partial charge >= 0.3 is 0 Å². The highest BCUT2D eigenvalue weighted by Crippen LogP contribution is 2.22. The lowest BCUT2D eigenvalue weighted by atomic mass is 10.2. The number of aliphatic hydroxyl groups excluding tert-OH is 1. The van der Waals surface area contributed by atoms with Crippen LogP contribution < -0.4 is 10.1 Å². The molecular weight excluding hydrogens is 294 g/mol. The molecule has 0 heterocycles. The van der Waals surface area contributed by atoms with Gasteiger partial charge in [-0.05, 0) is 37.6 Å². The summed E-state index contributed by atoms with van der Waals surface area (Å²) in [5, 5.41) is 12.1. The molecule has 2 N–H and O–H groups in total. The zero-order valence-electron chi connectivity index (χ0n) is 10.9. The molecule has 0 saturated carbocycles. The minimum Gasteiger partial charge on any atom is -0.496 e. The predicted molar refractivity (Wildman–Crippen MR) is 78.0 cm³/mol. The number of nitrogens with one attached hydrogen (secondary N) is 1. The van der Waals surface area contributed by atoms with E-state index in [4.69, 9.17) is 9.84 Å². The van der Waals surface area contributed by atoms with Gasteiger partial charge in [0.1, 0.15) is 5.75 Å². The van der Waals surface area contributed by atoms with Crippen LogP contribution in [0.2, 0.25) is 0 Å². The standard InChI is InChI=1S/C14H22BrNO2/c1-18-14-7-6-13(15)10-12(14)11-16-8-4-2-3-5-9-17/h6-7,10,16-17H,2-5,8-9,11H2,1H3. The first-order valence-electron chi connectivity index (χ1n) is 6.42. The van der Waals surface area contributed by atoms with Crippen LogP contribution in [-0.2, 0) is 6.54 Å². The molecule has 0 radical (unpaired) electrons. The summed E-state index contributed by atoms with van der Waals surface area (Å²) in [4.78, 5) is 0. The Balaban J connectivity index is 2.24. The SMILES string of the molecule is COc1ccc(Br)cc1CNCCCCCCO. The van der Waals surface area contributed by atoms with Crippen molar-refractivity contribution in [3.05, 3.63) is 28.2 Å². The van der Waals surface area contributed by atoms with E-state index in [0.717, 1.165) is 42.6 Å². The van der Waals surface area contributed by atoms with Gasteiger partial charge in [0.2, 0.25) is 0 Å². The lowest BCUT2D eigenvalue weighted by Crippen LogP contribution is -2.15. The maximum absolute atomic E-state index is 8.67. The first-order valence-corrected chi connectivity index (χ1v) is 7.21. The van der Waals surface area contributed by atoms with Crippen molar-refractivity contribution in [1.29, 1.82) is 0 Å². The number of unbranched alkanes of at least 4 members (excludes halogenated alkanes) is 3. The van der Waals surface area contributed by atoms with E-state index in [1.807, 2.05) is 12.1 Å². The van der Waals surface area contributed by atoms with Crippen LogP contribution in [-0.4, -0.2) is 25.4 Å². The number of hydrogen-bond acceptors (Lipinski definition) is 3. The molecule has 0 bridgehead atoms. The van der Waals surface area contributed by atoms with E-state index in [-0.39, 0.29) is 0 Å². The van der Waals surface area contributed by atoms with Crippen molar-refractivity contribution in [2.75, 3.05) is 20.3 Å². The van der Waals surface area contributed by atoms with E-state index < -0.39 is 0 Å². The predicted octanol–water partition coefficient (Wildman–Crippen LogP) is 3.10. The summed E-state index contributed by atoms with van der Waals surface area (Å²) in [7, 11) is 1.70. The molecule has 0 aromatic heterocycles. The van der Waals surface area contributed by atoms with E-state index in [1.165, 1.54) is 12.0 Å².